The van der Waals surface area contributed by atoms with Crippen molar-refractivity contribution in [3.8, 4) is 0 Å². The van der Waals surface area contributed by atoms with Crippen LogP contribution in [0.3, 0.4) is 0 Å². The third kappa shape index (κ3) is 5.33. The SMILES string of the molecule is O=C(NCc1ccc(CN2CCC(O)CC2)cc1)c1ccccc1CN1C(=O)CNC1=O. The molecule has 4 rings (SSSR count). The van der Waals surface area contributed by atoms with Gasteiger partial charge in [-0.3, -0.25) is 19.4 Å². The Bertz CT molecular complexity index is 968. The first-order valence-corrected chi connectivity index (χ1v) is 10.9. The molecule has 0 atom stereocenters. The number of aliphatic hydroxyl groups is 1. The lowest BCUT2D eigenvalue weighted by Crippen LogP contribution is -2.35. The average Bonchev–Trinajstić information content (AvgIpc) is 3.12. The maximum absolute atomic E-state index is 12.8. The molecule has 8 nitrogen and oxygen atoms in total. The fourth-order valence-corrected chi connectivity index (χ4v) is 4.04. The Morgan fingerprint density at radius 3 is 2.38 bits per heavy atom. The van der Waals surface area contributed by atoms with Gasteiger partial charge in [-0.05, 0) is 35.6 Å². The number of nitrogens with one attached hydrogen (secondary N) is 2. The fourth-order valence-electron chi connectivity index (χ4n) is 4.04. The molecule has 8 heteroatoms. The third-order valence-electron chi connectivity index (χ3n) is 5.97. The van der Waals surface area contributed by atoms with Crippen LogP contribution in [0.15, 0.2) is 48.5 Å². The number of aliphatic hydroxyl groups excluding tert-OH is 1. The molecule has 0 bridgehead atoms. The van der Waals surface area contributed by atoms with Crippen LogP contribution in [0.5, 0.6) is 0 Å². The number of benzene rings is 2. The molecule has 2 fully saturated rings. The van der Waals surface area contributed by atoms with Gasteiger partial charge in [0.2, 0.25) is 5.91 Å². The number of carbonyl (C=O) groups is 3. The van der Waals surface area contributed by atoms with Gasteiger partial charge in [0, 0.05) is 31.7 Å². The number of amides is 4. The highest BCUT2D eigenvalue weighted by Gasteiger charge is 2.29. The van der Waals surface area contributed by atoms with Gasteiger partial charge < -0.3 is 15.7 Å². The van der Waals surface area contributed by atoms with Crippen LogP contribution < -0.4 is 10.6 Å². The van der Waals surface area contributed by atoms with E-state index in [9.17, 15) is 19.5 Å². The molecule has 32 heavy (non-hydrogen) atoms. The summed E-state index contributed by atoms with van der Waals surface area (Å²) >= 11 is 0. The van der Waals surface area contributed by atoms with Crippen LogP contribution in [0, 0.1) is 0 Å². The van der Waals surface area contributed by atoms with E-state index in [0.717, 1.165) is 42.9 Å². The number of likely N-dealkylation sites (tertiary alicyclic amines) is 1. The predicted octanol–water partition coefficient (Wildman–Crippen LogP) is 1.63. The molecule has 2 aromatic carbocycles. The van der Waals surface area contributed by atoms with Crippen molar-refractivity contribution in [1.82, 2.24) is 20.4 Å². The lowest BCUT2D eigenvalue weighted by atomic mass is 10.1. The summed E-state index contributed by atoms with van der Waals surface area (Å²) in [5.74, 6) is -0.547. The minimum atomic E-state index is -0.439. The molecule has 4 amide bonds. The zero-order valence-electron chi connectivity index (χ0n) is 17.9. The van der Waals surface area contributed by atoms with E-state index in [1.807, 2.05) is 12.1 Å². The number of rotatable bonds is 7. The van der Waals surface area contributed by atoms with Crippen LogP contribution in [-0.2, 0) is 24.4 Å². The number of hydrogen-bond donors (Lipinski definition) is 3. The van der Waals surface area contributed by atoms with Crippen LogP contribution in [0.1, 0.15) is 39.9 Å². The molecular formula is C24H28N4O4. The molecular weight excluding hydrogens is 408 g/mol. The minimum absolute atomic E-state index is 0.0110. The number of nitrogens with zero attached hydrogens (tertiary/aromatic N) is 2. The van der Waals surface area contributed by atoms with E-state index in [1.165, 1.54) is 5.56 Å². The van der Waals surface area contributed by atoms with Crippen molar-refractivity contribution in [3.05, 3.63) is 70.8 Å². The summed E-state index contributed by atoms with van der Waals surface area (Å²) < 4.78 is 0. The Balaban J connectivity index is 1.33. The molecule has 2 aromatic rings. The van der Waals surface area contributed by atoms with Crippen molar-refractivity contribution >= 4 is 17.8 Å². The van der Waals surface area contributed by atoms with Crippen LogP contribution >= 0.6 is 0 Å². The Morgan fingerprint density at radius 2 is 1.69 bits per heavy atom. The van der Waals surface area contributed by atoms with Crippen LogP contribution in [0.4, 0.5) is 4.79 Å². The van der Waals surface area contributed by atoms with Gasteiger partial charge in [-0.25, -0.2) is 4.79 Å². The number of piperidine rings is 1. The standard InChI is InChI=1S/C24H28N4O4/c29-20-9-11-27(12-10-20)15-18-7-5-17(6-8-18)13-25-23(31)21-4-2-1-3-19(21)16-28-22(30)14-26-24(28)32/h1-8,20,29H,9-16H2,(H,25,31)(H,26,32). The van der Waals surface area contributed by atoms with E-state index in [-0.39, 0.29) is 31.0 Å². The van der Waals surface area contributed by atoms with E-state index >= 15 is 0 Å². The minimum Gasteiger partial charge on any atom is -0.393 e. The normalized spacial score (nSPS) is 17.5. The second-order valence-corrected chi connectivity index (χ2v) is 8.30. The van der Waals surface area contributed by atoms with Gasteiger partial charge in [0.25, 0.3) is 5.91 Å². The quantitative estimate of drug-likeness (QED) is 0.573. The first-order chi connectivity index (χ1) is 15.5. The molecule has 168 valence electrons. The first kappa shape index (κ1) is 22.0. The van der Waals surface area contributed by atoms with E-state index in [0.29, 0.717) is 17.7 Å². The molecule has 2 saturated heterocycles. The summed E-state index contributed by atoms with van der Waals surface area (Å²) in [5.41, 5.74) is 3.26. The maximum atomic E-state index is 12.8. The Labute approximate surface area is 187 Å². The molecule has 2 aliphatic rings. The molecule has 0 radical (unpaired) electrons. The molecule has 0 aromatic heterocycles. The van der Waals surface area contributed by atoms with Gasteiger partial charge in [0.1, 0.15) is 0 Å². The Kier molecular flexibility index (Phi) is 6.82. The van der Waals surface area contributed by atoms with E-state index in [2.05, 4.69) is 27.7 Å². The molecule has 0 aliphatic carbocycles. The summed E-state index contributed by atoms with van der Waals surface area (Å²) in [5, 5.41) is 15.0. The maximum Gasteiger partial charge on any atom is 0.324 e. The van der Waals surface area contributed by atoms with Gasteiger partial charge in [0.15, 0.2) is 0 Å². The summed E-state index contributed by atoms with van der Waals surface area (Å²) in [4.78, 5) is 40.0. The smallest absolute Gasteiger partial charge is 0.324 e. The van der Waals surface area contributed by atoms with Crippen molar-refractivity contribution in [1.29, 1.82) is 0 Å². The van der Waals surface area contributed by atoms with Gasteiger partial charge in [-0.2, -0.15) is 0 Å². The molecule has 2 aliphatic heterocycles. The fraction of sp³-hybridized carbons (Fsp3) is 0.375. The van der Waals surface area contributed by atoms with Crippen molar-refractivity contribution in [2.24, 2.45) is 0 Å². The van der Waals surface area contributed by atoms with E-state index in [4.69, 9.17) is 0 Å². The zero-order chi connectivity index (χ0) is 22.5. The van der Waals surface area contributed by atoms with Gasteiger partial charge in [-0.15, -0.1) is 0 Å². The molecule has 0 unspecified atom stereocenters. The van der Waals surface area contributed by atoms with Crippen LogP contribution in [-0.4, -0.2) is 58.5 Å². The summed E-state index contributed by atoms with van der Waals surface area (Å²) in [6.45, 7) is 3.10. The summed E-state index contributed by atoms with van der Waals surface area (Å²) in [6, 6.07) is 14.7. The Morgan fingerprint density at radius 1 is 1.00 bits per heavy atom. The van der Waals surface area contributed by atoms with Gasteiger partial charge in [0.05, 0.1) is 19.2 Å². The average molecular weight is 437 g/mol. The second kappa shape index (κ2) is 9.93. The first-order valence-electron chi connectivity index (χ1n) is 10.9. The Hall–Kier alpha value is -3.23. The van der Waals surface area contributed by atoms with E-state index < -0.39 is 6.03 Å². The third-order valence-corrected chi connectivity index (χ3v) is 5.97. The number of hydrogen-bond acceptors (Lipinski definition) is 5. The second-order valence-electron chi connectivity index (χ2n) is 8.30. The van der Waals surface area contributed by atoms with Crippen molar-refractivity contribution in [2.45, 2.75) is 38.6 Å². The van der Waals surface area contributed by atoms with Gasteiger partial charge in [-0.1, -0.05) is 42.5 Å². The monoisotopic (exact) mass is 436 g/mol. The van der Waals surface area contributed by atoms with Crippen LogP contribution in [0.25, 0.3) is 0 Å². The molecule has 0 spiro atoms. The number of urea groups is 1. The van der Waals surface area contributed by atoms with Crippen molar-refractivity contribution < 1.29 is 19.5 Å². The lowest BCUT2D eigenvalue weighted by molar-refractivity contribution is -0.125. The summed E-state index contributed by atoms with van der Waals surface area (Å²) in [7, 11) is 0. The predicted molar refractivity (Wildman–Crippen MR) is 119 cm³/mol. The largest absolute Gasteiger partial charge is 0.393 e. The molecule has 2 heterocycles. The van der Waals surface area contributed by atoms with Crippen molar-refractivity contribution in [3.63, 3.8) is 0 Å². The number of carbonyl (C=O) groups excluding carboxylic acids is 3. The van der Waals surface area contributed by atoms with Gasteiger partial charge >= 0.3 is 6.03 Å². The zero-order valence-corrected chi connectivity index (χ0v) is 17.9. The van der Waals surface area contributed by atoms with E-state index in [1.54, 1.807) is 24.3 Å². The molecule has 3 N–H and O–H groups in total. The highest BCUT2D eigenvalue weighted by atomic mass is 16.3. The topological polar surface area (TPSA) is 102 Å². The highest BCUT2D eigenvalue weighted by molar-refractivity contribution is 6.02. The summed E-state index contributed by atoms with van der Waals surface area (Å²) in [6.07, 6.45) is 1.47. The van der Waals surface area contributed by atoms with Crippen LogP contribution in [0.2, 0.25) is 0 Å². The lowest BCUT2D eigenvalue weighted by Gasteiger charge is -2.29. The van der Waals surface area contributed by atoms with Crippen molar-refractivity contribution in [2.75, 3.05) is 19.6 Å². The highest BCUT2D eigenvalue weighted by Crippen LogP contribution is 2.16. The number of imide groups is 1. The molecule has 0 saturated carbocycles.